The van der Waals surface area contributed by atoms with Crippen LogP contribution in [0.1, 0.15) is 29.3 Å². The molecule has 0 radical (unpaired) electrons. The zero-order valence-corrected chi connectivity index (χ0v) is 11.7. The predicted octanol–water partition coefficient (Wildman–Crippen LogP) is 2.30. The number of amides is 1. The third-order valence-corrected chi connectivity index (χ3v) is 3.62. The zero-order valence-electron chi connectivity index (χ0n) is 11.7. The van der Waals surface area contributed by atoms with Crippen molar-refractivity contribution in [2.75, 3.05) is 32.7 Å². The van der Waals surface area contributed by atoms with Crippen LogP contribution in [0.2, 0.25) is 0 Å². The summed E-state index contributed by atoms with van der Waals surface area (Å²) in [4.78, 5) is 16.4. The van der Waals surface area contributed by atoms with Gasteiger partial charge in [-0.3, -0.25) is 9.69 Å². The van der Waals surface area contributed by atoms with Gasteiger partial charge in [0.15, 0.2) is 0 Å². The molecule has 1 aliphatic rings. The van der Waals surface area contributed by atoms with Gasteiger partial charge in [-0.1, -0.05) is 13.0 Å². The first-order chi connectivity index (χ1) is 9.11. The number of aryl methyl sites for hydroxylation is 1. The molecule has 0 aliphatic carbocycles. The van der Waals surface area contributed by atoms with Crippen LogP contribution >= 0.6 is 0 Å². The van der Waals surface area contributed by atoms with Crippen LogP contribution in [-0.2, 0) is 0 Å². The Bertz CT molecular complexity index is 453. The number of halogens is 1. The van der Waals surface area contributed by atoms with Crippen LogP contribution in [0.4, 0.5) is 4.39 Å². The summed E-state index contributed by atoms with van der Waals surface area (Å²) in [5, 5.41) is 0. The zero-order chi connectivity index (χ0) is 13.8. The summed E-state index contributed by atoms with van der Waals surface area (Å²) in [6, 6.07) is 4.71. The van der Waals surface area contributed by atoms with Crippen LogP contribution < -0.4 is 0 Å². The van der Waals surface area contributed by atoms with Crippen molar-refractivity contribution in [2.24, 2.45) is 0 Å². The molecule has 104 valence electrons. The van der Waals surface area contributed by atoms with Gasteiger partial charge in [-0.05, 0) is 37.6 Å². The molecule has 0 bridgehead atoms. The van der Waals surface area contributed by atoms with Crippen LogP contribution in [-0.4, -0.2) is 48.4 Å². The Labute approximate surface area is 114 Å². The van der Waals surface area contributed by atoms with Gasteiger partial charge in [0.1, 0.15) is 5.82 Å². The van der Waals surface area contributed by atoms with Gasteiger partial charge < -0.3 is 4.90 Å². The first-order valence-electron chi connectivity index (χ1n) is 6.89. The van der Waals surface area contributed by atoms with E-state index in [1.54, 1.807) is 19.1 Å². The van der Waals surface area contributed by atoms with E-state index in [-0.39, 0.29) is 11.7 Å². The van der Waals surface area contributed by atoms with E-state index in [0.717, 1.165) is 39.1 Å². The lowest BCUT2D eigenvalue weighted by Crippen LogP contribution is -2.48. The quantitative estimate of drug-likeness (QED) is 0.836. The molecule has 1 heterocycles. The molecule has 3 nitrogen and oxygen atoms in total. The number of carbonyl (C=O) groups excluding carboxylic acids is 1. The molecule has 4 heteroatoms. The van der Waals surface area contributed by atoms with E-state index in [2.05, 4.69) is 11.8 Å². The highest BCUT2D eigenvalue weighted by Crippen LogP contribution is 2.13. The molecule has 1 fully saturated rings. The highest BCUT2D eigenvalue weighted by molar-refractivity contribution is 5.94. The van der Waals surface area contributed by atoms with E-state index < -0.39 is 0 Å². The van der Waals surface area contributed by atoms with Crippen LogP contribution in [0.15, 0.2) is 18.2 Å². The molecule has 1 aliphatic heterocycles. The number of carbonyl (C=O) groups is 1. The summed E-state index contributed by atoms with van der Waals surface area (Å²) in [5.74, 6) is -0.370. The average molecular weight is 264 g/mol. The fourth-order valence-electron chi connectivity index (χ4n) is 2.40. The van der Waals surface area contributed by atoms with Crippen molar-refractivity contribution < 1.29 is 9.18 Å². The minimum Gasteiger partial charge on any atom is -0.336 e. The summed E-state index contributed by atoms with van der Waals surface area (Å²) < 4.78 is 13.5. The molecule has 0 aromatic heterocycles. The van der Waals surface area contributed by atoms with Gasteiger partial charge in [0, 0.05) is 31.7 Å². The van der Waals surface area contributed by atoms with Crippen molar-refractivity contribution >= 4 is 5.91 Å². The van der Waals surface area contributed by atoms with Crippen molar-refractivity contribution in [1.82, 2.24) is 9.80 Å². The number of benzene rings is 1. The van der Waals surface area contributed by atoms with Gasteiger partial charge >= 0.3 is 0 Å². The van der Waals surface area contributed by atoms with E-state index >= 15 is 0 Å². The van der Waals surface area contributed by atoms with Gasteiger partial charge in [0.25, 0.3) is 5.91 Å². The second-order valence-electron chi connectivity index (χ2n) is 5.10. The van der Waals surface area contributed by atoms with E-state index in [4.69, 9.17) is 0 Å². The van der Waals surface area contributed by atoms with E-state index in [1.807, 2.05) is 4.90 Å². The molecule has 1 amide bonds. The third-order valence-electron chi connectivity index (χ3n) is 3.62. The number of rotatable bonds is 3. The maximum atomic E-state index is 13.5. The smallest absolute Gasteiger partial charge is 0.254 e. The molecule has 19 heavy (non-hydrogen) atoms. The fourth-order valence-corrected chi connectivity index (χ4v) is 2.40. The van der Waals surface area contributed by atoms with Gasteiger partial charge in [-0.2, -0.15) is 0 Å². The number of piperazine rings is 1. The molecule has 0 saturated carbocycles. The molecule has 1 saturated heterocycles. The Morgan fingerprint density at radius 3 is 2.53 bits per heavy atom. The third kappa shape index (κ3) is 3.32. The molecule has 2 rings (SSSR count). The first-order valence-corrected chi connectivity index (χ1v) is 6.89. The van der Waals surface area contributed by atoms with Crippen molar-refractivity contribution in [2.45, 2.75) is 20.3 Å². The molecular formula is C15H21FN2O. The van der Waals surface area contributed by atoms with Gasteiger partial charge in [-0.25, -0.2) is 4.39 Å². The van der Waals surface area contributed by atoms with Crippen LogP contribution in [0.5, 0.6) is 0 Å². The average Bonchev–Trinajstić information content (AvgIpc) is 2.42. The lowest BCUT2D eigenvalue weighted by molar-refractivity contribution is 0.0637. The van der Waals surface area contributed by atoms with E-state index in [9.17, 15) is 9.18 Å². The predicted molar refractivity (Wildman–Crippen MR) is 73.8 cm³/mol. The summed E-state index contributed by atoms with van der Waals surface area (Å²) >= 11 is 0. The maximum Gasteiger partial charge on any atom is 0.254 e. The van der Waals surface area contributed by atoms with Gasteiger partial charge in [0.05, 0.1) is 0 Å². The minimum absolute atomic E-state index is 0.0601. The standard InChI is InChI=1S/C15H21FN2O/c1-3-6-17-7-9-18(10-8-17)15(19)13-5-4-12(2)14(16)11-13/h4-5,11H,3,6-10H2,1-2H3. The van der Waals surface area contributed by atoms with Crippen LogP contribution in [0, 0.1) is 12.7 Å². The van der Waals surface area contributed by atoms with Crippen molar-refractivity contribution in [3.8, 4) is 0 Å². The second kappa shape index (κ2) is 6.15. The Morgan fingerprint density at radius 2 is 1.95 bits per heavy atom. The molecule has 1 aromatic carbocycles. The molecule has 0 atom stereocenters. The Kier molecular flexibility index (Phi) is 4.53. The van der Waals surface area contributed by atoms with Crippen molar-refractivity contribution in [1.29, 1.82) is 0 Å². The van der Waals surface area contributed by atoms with E-state index in [0.29, 0.717) is 11.1 Å². The number of hydrogen-bond acceptors (Lipinski definition) is 2. The highest BCUT2D eigenvalue weighted by Gasteiger charge is 2.21. The monoisotopic (exact) mass is 264 g/mol. The normalized spacial score (nSPS) is 16.7. The van der Waals surface area contributed by atoms with Crippen LogP contribution in [0.3, 0.4) is 0 Å². The summed E-state index contributed by atoms with van der Waals surface area (Å²) in [7, 11) is 0. The number of nitrogens with zero attached hydrogens (tertiary/aromatic N) is 2. The SMILES string of the molecule is CCCN1CCN(C(=O)c2ccc(C)c(F)c2)CC1. The van der Waals surface area contributed by atoms with Gasteiger partial charge in [-0.15, -0.1) is 0 Å². The molecule has 0 spiro atoms. The summed E-state index contributed by atoms with van der Waals surface area (Å²) in [5.41, 5.74) is 1.02. The summed E-state index contributed by atoms with van der Waals surface area (Å²) in [6.45, 7) is 8.23. The Balaban J connectivity index is 1.99. The lowest BCUT2D eigenvalue weighted by atomic mass is 10.1. The Morgan fingerprint density at radius 1 is 1.26 bits per heavy atom. The fraction of sp³-hybridized carbons (Fsp3) is 0.533. The highest BCUT2D eigenvalue weighted by atomic mass is 19.1. The van der Waals surface area contributed by atoms with Crippen LogP contribution in [0.25, 0.3) is 0 Å². The molecule has 1 aromatic rings. The topological polar surface area (TPSA) is 23.6 Å². The lowest BCUT2D eigenvalue weighted by Gasteiger charge is -2.34. The second-order valence-corrected chi connectivity index (χ2v) is 5.10. The number of hydrogen-bond donors (Lipinski definition) is 0. The molecule has 0 unspecified atom stereocenters. The van der Waals surface area contributed by atoms with Crippen molar-refractivity contribution in [3.63, 3.8) is 0 Å². The van der Waals surface area contributed by atoms with Crippen molar-refractivity contribution in [3.05, 3.63) is 35.1 Å². The molecule has 0 N–H and O–H groups in total. The van der Waals surface area contributed by atoms with Gasteiger partial charge in [0.2, 0.25) is 0 Å². The maximum absolute atomic E-state index is 13.5. The Hall–Kier alpha value is -1.42. The first kappa shape index (κ1) is 14.0. The molecular weight excluding hydrogens is 243 g/mol. The largest absolute Gasteiger partial charge is 0.336 e. The van der Waals surface area contributed by atoms with E-state index in [1.165, 1.54) is 6.07 Å². The minimum atomic E-state index is -0.310. The summed E-state index contributed by atoms with van der Waals surface area (Å²) in [6.07, 6.45) is 1.14.